The first-order chi connectivity index (χ1) is 12.2. The Labute approximate surface area is 145 Å². The van der Waals surface area contributed by atoms with Crippen molar-refractivity contribution < 1.29 is 13.9 Å². The Morgan fingerprint density at radius 3 is 2.52 bits per heavy atom. The fourth-order valence-electron chi connectivity index (χ4n) is 2.82. The number of hydrogen-bond donors (Lipinski definition) is 0. The molecule has 0 aromatic heterocycles. The van der Waals surface area contributed by atoms with Crippen LogP contribution in [0, 0.1) is 17.1 Å². The van der Waals surface area contributed by atoms with Gasteiger partial charge < -0.3 is 9.64 Å². The molecular weight excluding hydrogens is 319 g/mol. The molecule has 0 N–H and O–H groups in total. The van der Waals surface area contributed by atoms with E-state index in [9.17, 15) is 14.4 Å². The minimum Gasteiger partial charge on any atom is -0.378 e. The number of ether oxygens (including phenoxy) is 1. The van der Waals surface area contributed by atoms with Crippen LogP contribution in [0.5, 0.6) is 0 Å². The minimum absolute atomic E-state index is 0.0219. The van der Waals surface area contributed by atoms with E-state index in [1.165, 1.54) is 12.1 Å². The van der Waals surface area contributed by atoms with E-state index in [0.29, 0.717) is 43.1 Å². The fourth-order valence-corrected chi connectivity index (χ4v) is 2.82. The molecule has 0 radical (unpaired) electrons. The monoisotopic (exact) mass is 336 g/mol. The number of benzene rings is 2. The van der Waals surface area contributed by atoms with Crippen LogP contribution in [0.3, 0.4) is 0 Å². The third kappa shape index (κ3) is 3.76. The van der Waals surface area contributed by atoms with Crippen molar-refractivity contribution in [2.75, 3.05) is 31.2 Å². The SMILES string of the molecule is N#CC(=Cc1cccc(F)c1N1CCOCC1)C(=O)c1ccccc1. The molecular formula is C20H17FN2O2. The third-order valence-electron chi connectivity index (χ3n) is 4.05. The molecule has 2 aromatic rings. The molecule has 0 unspecified atom stereocenters. The summed E-state index contributed by atoms with van der Waals surface area (Å²) in [6, 6.07) is 15.2. The van der Waals surface area contributed by atoms with Crippen LogP contribution in [0.15, 0.2) is 54.1 Å². The number of rotatable bonds is 4. The van der Waals surface area contributed by atoms with Crippen molar-refractivity contribution >= 4 is 17.5 Å². The van der Waals surface area contributed by atoms with Crippen molar-refractivity contribution in [2.24, 2.45) is 0 Å². The molecule has 126 valence electrons. The second kappa shape index (κ2) is 7.73. The maximum Gasteiger partial charge on any atom is 0.203 e. The summed E-state index contributed by atoms with van der Waals surface area (Å²) in [6.07, 6.45) is 1.46. The molecule has 1 aliphatic heterocycles. The largest absolute Gasteiger partial charge is 0.378 e. The average molecular weight is 336 g/mol. The van der Waals surface area contributed by atoms with E-state index in [-0.39, 0.29) is 17.2 Å². The predicted octanol–water partition coefficient (Wildman–Crippen LogP) is 3.45. The van der Waals surface area contributed by atoms with Gasteiger partial charge >= 0.3 is 0 Å². The lowest BCUT2D eigenvalue weighted by Gasteiger charge is -2.30. The smallest absolute Gasteiger partial charge is 0.203 e. The van der Waals surface area contributed by atoms with Gasteiger partial charge in [0.1, 0.15) is 17.5 Å². The van der Waals surface area contributed by atoms with Gasteiger partial charge in [0.2, 0.25) is 5.78 Å². The number of hydrogen-bond acceptors (Lipinski definition) is 4. The summed E-state index contributed by atoms with van der Waals surface area (Å²) < 4.78 is 19.7. The van der Waals surface area contributed by atoms with Crippen molar-refractivity contribution in [3.63, 3.8) is 0 Å². The first-order valence-corrected chi connectivity index (χ1v) is 8.03. The molecule has 1 aliphatic rings. The van der Waals surface area contributed by atoms with E-state index in [1.54, 1.807) is 42.5 Å². The van der Waals surface area contributed by atoms with Crippen LogP contribution in [0.2, 0.25) is 0 Å². The molecule has 1 fully saturated rings. The Morgan fingerprint density at radius 1 is 1.12 bits per heavy atom. The quantitative estimate of drug-likeness (QED) is 0.487. The molecule has 1 saturated heterocycles. The van der Waals surface area contributed by atoms with E-state index < -0.39 is 0 Å². The van der Waals surface area contributed by atoms with Crippen LogP contribution < -0.4 is 4.90 Å². The first kappa shape index (κ1) is 16.9. The molecule has 0 amide bonds. The zero-order valence-electron chi connectivity index (χ0n) is 13.6. The van der Waals surface area contributed by atoms with Crippen molar-refractivity contribution in [1.29, 1.82) is 5.26 Å². The number of Topliss-reactive ketones (excluding diaryl/α,β-unsaturated/α-hetero) is 1. The maximum absolute atomic E-state index is 14.4. The number of carbonyl (C=O) groups excluding carboxylic acids is 1. The summed E-state index contributed by atoms with van der Waals surface area (Å²) in [5.74, 6) is -0.750. The van der Waals surface area contributed by atoms with E-state index >= 15 is 0 Å². The molecule has 1 heterocycles. The Kier molecular flexibility index (Phi) is 5.22. The summed E-state index contributed by atoms with van der Waals surface area (Å²) in [7, 11) is 0. The topological polar surface area (TPSA) is 53.3 Å². The summed E-state index contributed by atoms with van der Waals surface area (Å²) in [4.78, 5) is 14.4. The van der Waals surface area contributed by atoms with Gasteiger partial charge in [-0.05, 0) is 12.1 Å². The summed E-state index contributed by atoms with van der Waals surface area (Å²) >= 11 is 0. The standard InChI is InChI=1S/C20H17FN2O2/c21-18-8-4-7-16(19(18)23-9-11-25-12-10-23)13-17(14-22)20(24)15-5-2-1-3-6-15/h1-8,13H,9-12H2. The lowest BCUT2D eigenvalue weighted by Crippen LogP contribution is -2.37. The number of morpholine rings is 1. The number of nitrogens with zero attached hydrogens (tertiary/aromatic N) is 2. The lowest BCUT2D eigenvalue weighted by atomic mass is 10.0. The molecule has 2 aromatic carbocycles. The zero-order chi connectivity index (χ0) is 17.6. The Balaban J connectivity index is 2.00. The molecule has 0 bridgehead atoms. The van der Waals surface area contributed by atoms with Crippen LogP contribution in [0.25, 0.3) is 6.08 Å². The van der Waals surface area contributed by atoms with Crippen LogP contribution in [0.1, 0.15) is 15.9 Å². The van der Waals surface area contributed by atoms with Gasteiger partial charge in [0.25, 0.3) is 0 Å². The van der Waals surface area contributed by atoms with Crippen molar-refractivity contribution in [3.05, 3.63) is 71.0 Å². The number of carbonyl (C=O) groups is 1. The van der Waals surface area contributed by atoms with Gasteiger partial charge in [-0.3, -0.25) is 4.79 Å². The van der Waals surface area contributed by atoms with Gasteiger partial charge in [-0.15, -0.1) is 0 Å². The lowest BCUT2D eigenvalue weighted by molar-refractivity contribution is 0.104. The van der Waals surface area contributed by atoms with Gasteiger partial charge in [0, 0.05) is 24.2 Å². The van der Waals surface area contributed by atoms with Crippen LogP contribution in [0.4, 0.5) is 10.1 Å². The number of halogens is 1. The Hall–Kier alpha value is -2.97. The third-order valence-corrected chi connectivity index (χ3v) is 4.05. The molecule has 0 saturated carbocycles. The van der Waals surface area contributed by atoms with Crippen LogP contribution >= 0.6 is 0 Å². The number of ketones is 1. The summed E-state index contributed by atoms with van der Waals surface area (Å²) in [5, 5.41) is 9.42. The van der Waals surface area contributed by atoms with Crippen molar-refractivity contribution in [2.45, 2.75) is 0 Å². The normalized spacial score (nSPS) is 14.9. The van der Waals surface area contributed by atoms with E-state index in [4.69, 9.17) is 4.74 Å². The maximum atomic E-state index is 14.4. The zero-order valence-corrected chi connectivity index (χ0v) is 13.6. The Morgan fingerprint density at radius 2 is 1.84 bits per heavy atom. The van der Waals surface area contributed by atoms with Crippen LogP contribution in [-0.2, 0) is 4.74 Å². The van der Waals surface area contributed by atoms with Crippen LogP contribution in [-0.4, -0.2) is 32.1 Å². The minimum atomic E-state index is -0.375. The molecule has 0 aliphatic carbocycles. The van der Waals surface area contributed by atoms with Gasteiger partial charge in [0.05, 0.1) is 18.9 Å². The van der Waals surface area contributed by atoms with Gasteiger partial charge in [0.15, 0.2) is 0 Å². The number of anilines is 1. The van der Waals surface area contributed by atoms with Gasteiger partial charge in [-0.2, -0.15) is 5.26 Å². The van der Waals surface area contributed by atoms with E-state index in [2.05, 4.69) is 0 Å². The fraction of sp³-hybridized carbons (Fsp3) is 0.200. The highest BCUT2D eigenvalue weighted by atomic mass is 19.1. The number of nitriles is 1. The van der Waals surface area contributed by atoms with Crippen molar-refractivity contribution in [3.8, 4) is 6.07 Å². The van der Waals surface area contributed by atoms with Crippen molar-refractivity contribution in [1.82, 2.24) is 0 Å². The van der Waals surface area contributed by atoms with Gasteiger partial charge in [-0.25, -0.2) is 4.39 Å². The molecule has 5 heteroatoms. The highest BCUT2D eigenvalue weighted by Crippen LogP contribution is 2.28. The summed E-state index contributed by atoms with van der Waals surface area (Å²) in [5.41, 5.74) is 1.33. The molecule has 4 nitrogen and oxygen atoms in total. The summed E-state index contributed by atoms with van der Waals surface area (Å²) in [6.45, 7) is 2.17. The Bertz CT molecular complexity index is 835. The number of allylic oxidation sites excluding steroid dienone is 1. The highest BCUT2D eigenvalue weighted by Gasteiger charge is 2.19. The molecule has 25 heavy (non-hydrogen) atoms. The predicted molar refractivity (Wildman–Crippen MR) is 93.8 cm³/mol. The molecule has 0 atom stereocenters. The average Bonchev–Trinajstić information content (AvgIpc) is 2.67. The van der Waals surface area contributed by atoms with Gasteiger partial charge in [-0.1, -0.05) is 42.5 Å². The van der Waals surface area contributed by atoms with E-state index in [1.807, 2.05) is 11.0 Å². The molecule has 3 rings (SSSR count). The van der Waals surface area contributed by atoms with E-state index in [0.717, 1.165) is 0 Å². The molecule has 0 spiro atoms. The number of para-hydroxylation sites is 1. The highest BCUT2D eigenvalue weighted by molar-refractivity contribution is 6.14. The second-order valence-electron chi connectivity index (χ2n) is 5.64. The first-order valence-electron chi connectivity index (χ1n) is 8.03. The second-order valence-corrected chi connectivity index (χ2v) is 5.64.